The molecule has 1 aromatic heterocycles. The lowest BCUT2D eigenvalue weighted by Gasteiger charge is -2.10. The average Bonchev–Trinajstić information content (AvgIpc) is 2.84. The van der Waals surface area contributed by atoms with Crippen LogP contribution in [0.5, 0.6) is 0 Å². The number of aromatic nitrogens is 1. The molecule has 1 aromatic carbocycles. The number of benzene rings is 1. The van der Waals surface area contributed by atoms with E-state index in [1.807, 2.05) is 24.3 Å². The van der Waals surface area contributed by atoms with E-state index in [9.17, 15) is 18.0 Å². The molecule has 23 heavy (non-hydrogen) atoms. The molecule has 1 atom stereocenters. The fourth-order valence-corrected chi connectivity index (χ4v) is 4.51. The van der Waals surface area contributed by atoms with Gasteiger partial charge in [0.15, 0.2) is 9.84 Å². The first-order valence-electron chi connectivity index (χ1n) is 7.54. The first-order chi connectivity index (χ1) is 10.9. The molecular weight excluding hydrogens is 316 g/mol. The van der Waals surface area contributed by atoms with Gasteiger partial charge >= 0.3 is 0 Å². The Morgan fingerprint density at radius 1 is 1.30 bits per heavy atom. The van der Waals surface area contributed by atoms with Gasteiger partial charge in [0, 0.05) is 23.5 Å². The van der Waals surface area contributed by atoms with E-state index in [0.717, 1.165) is 10.9 Å². The highest BCUT2D eigenvalue weighted by Crippen LogP contribution is 2.13. The van der Waals surface area contributed by atoms with Crippen LogP contribution in [-0.2, 0) is 21.1 Å². The van der Waals surface area contributed by atoms with Crippen molar-refractivity contribution in [3.8, 4) is 0 Å². The highest BCUT2D eigenvalue weighted by Gasteiger charge is 2.28. The molecule has 122 valence electrons. The Morgan fingerprint density at radius 2 is 2.09 bits per heavy atom. The molecule has 0 spiro atoms. The van der Waals surface area contributed by atoms with Crippen LogP contribution < -0.4 is 10.9 Å². The summed E-state index contributed by atoms with van der Waals surface area (Å²) in [6, 6.07) is 8.95. The highest BCUT2D eigenvalue weighted by atomic mass is 32.2. The van der Waals surface area contributed by atoms with Crippen molar-refractivity contribution in [2.75, 3.05) is 11.5 Å². The summed E-state index contributed by atoms with van der Waals surface area (Å²) >= 11 is 0. The Balaban J connectivity index is 1.63. The van der Waals surface area contributed by atoms with Crippen molar-refractivity contribution in [1.82, 2.24) is 10.3 Å². The van der Waals surface area contributed by atoms with Crippen molar-refractivity contribution in [1.29, 1.82) is 0 Å². The zero-order chi connectivity index (χ0) is 16.4. The van der Waals surface area contributed by atoms with Gasteiger partial charge in [-0.05, 0) is 30.4 Å². The molecule has 1 aliphatic rings. The molecule has 1 saturated heterocycles. The summed E-state index contributed by atoms with van der Waals surface area (Å²) in [5.74, 6) is -0.0860. The molecule has 2 heterocycles. The van der Waals surface area contributed by atoms with Gasteiger partial charge in [-0.3, -0.25) is 9.59 Å². The third-order valence-corrected chi connectivity index (χ3v) is 5.82. The van der Waals surface area contributed by atoms with Crippen LogP contribution in [0, 0.1) is 0 Å². The molecule has 7 heteroatoms. The number of carbonyl (C=O) groups is 1. The second kappa shape index (κ2) is 6.16. The number of amides is 1. The monoisotopic (exact) mass is 334 g/mol. The summed E-state index contributed by atoms with van der Waals surface area (Å²) in [6.45, 7) is 0. The number of pyridine rings is 1. The van der Waals surface area contributed by atoms with E-state index in [2.05, 4.69) is 10.3 Å². The third-order valence-electron chi connectivity index (χ3n) is 4.05. The Hall–Kier alpha value is -2.15. The molecule has 2 aromatic rings. The standard InChI is InChI=1S/C16H18N2O4S/c19-15(17-13-7-8-23(21,22)10-13)6-5-12-9-11-3-1-2-4-14(11)18-16(12)20/h1-4,9,13H,5-8,10H2,(H,17,19)(H,18,20). The Bertz CT molecular complexity index is 902. The number of para-hydroxylation sites is 1. The SMILES string of the molecule is O=C(CCc1cc2ccccc2[nH]c1=O)NC1CCS(=O)(=O)C1. The summed E-state index contributed by atoms with van der Waals surface area (Å²) in [4.78, 5) is 26.7. The quantitative estimate of drug-likeness (QED) is 0.863. The smallest absolute Gasteiger partial charge is 0.251 e. The van der Waals surface area contributed by atoms with Crippen LogP contribution in [0.2, 0.25) is 0 Å². The second-order valence-electron chi connectivity index (χ2n) is 5.88. The lowest BCUT2D eigenvalue weighted by molar-refractivity contribution is -0.121. The number of H-pyrrole nitrogens is 1. The van der Waals surface area contributed by atoms with Crippen LogP contribution in [0.15, 0.2) is 35.1 Å². The number of aromatic amines is 1. The number of hydrogen-bond acceptors (Lipinski definition) is 4. The molecule has 1 aliphatic heterocycles. The van der Waals surface area contributed by atoms with E-state index >= 15 is 0 Å². The van der Waals surface area contributed by atoms with Crippen LogP contribution in [-0.4, -0.2) is 36.9 Å². The summed E-state index contributed by atoms with van der Waals surface area (Å²) in [7, 11) is -3.01. The van der Waals surface area contributed by atoms with E-state index in [1.165, 1.54) is 0 Å². The lowest BCUT2D eigenvalue weighted by Crippen LogP contribution is -2.35. The average molecular weight is 334 g/mol. The minimum absolute atomic E-state index is 0.00922. The van der Waals surface area contributed by atoms with Gasteiger partial charge in [0.1, 0.15) is 0 Å². The highest BCUT2D eigenvalue weighted by molar-refractivity contribution is 7.91. The van der Waals surface area contributed by atoms with Crippen LogP contribution in [0.25, 0.3) is 10.9 Å². The first kappa shape index (κ1) is 15.7. The van der Waals surface area contributed by atoms with Gasteiger partial charge in [-0.1, -0.05) is 18.2 Å². The molecule has 1 amide bonds. The molecule has 0 radical (unpaired) electrons. The fourth-order valence-electron chi connectivity index (χ4n) is 2.84. The third kappa shape index (κ3) is 3.79. The molecule has 0 saturated carbocycles. The molecule has 1 fully saturated rings. The predicted octanol–water partition coefficient (Wildman–Crippen LogP) is 0.764. The molecule has 1 unspecified atom stereocenters. The molecule has 6 nitrogen and oxygen atoms in total. The molecule has 0 aliphatic carbocycles. The summed E-state index contributed by atoms with van der Waals surface area (Å²) in [6.07, 6.45) is 0.952. The van der Waals surface area contributed by atoms with E-state index in [-0.39, 0.29) is 35.4 Å². The van der Waals surface area contributed by atoms with Gasteiger partial charge in [0.25, 0.3) is 5.56 Å². The van der Waals surface area contributed by atoms with Crippen molar-refractivity contribution in [2.24, 2.45) is 0 Å². The molecule has 3 rings (SSSR count). The Kier molecular flexibility index (Phi) is 4.21. The fraction of sp³-hybridized carbons (Fsp3) is 0.375. The van der Waals surface area contributed by atoms with Crippen molar-refractivity contribution in [3.63, 3.8) is 0 Å². The lowest BCUT2D eigenvalue weighted by atomic mass is 10.1. The van der Waals surface area contributed by atoms with E-state index in [0.29, 0.717) is 18.4 Å². The summed E-state index contributed by atoms with van der Waals surface area (Å²) in [5, 5.41) is 3.65. The zero-order valence-electron chi connectivity index (χ0n) is 12.5. The van der Waals surface area contributed by atoms with Crippen molar-refractivity contribution < 1.29 is 13.2 Å². The van der Waals surface area contributed by atoms with Gasteiger partial charge in [-0.15, -0.1) is 0 Å². The van der Waals surface area contributed by atoms with Crippen molar-refractivity contribution in [2.45, 2.75) is 25.3 Å². The van der Waals surface area contributed by atoms with Crippen LogP contribution in [0.1, 0.15) is 18.4 Å². The Morgan fingerprint density at radius 3 is 2.83 bits per heavy atom. The van der Waals surface area contributed by atoms with Gasteiger partial charge in [-0.2, -0.15) is 0 Å². The van der Waals surface area contributed by atoms with Gasteiger partial charge in [0.05, 0.1) is 11.5 Å². The van der Waals surface area contributed by atoms with Gasteiger partial charge in [0.2, 0.25) is 5.91 Å². The zero-order valence-corrected chi connectivity index (χ0v) is 13.4. The maximum atomic E-state index is 12.0. The van der Waals surface area contributed by atoms with Crippen LogP contribution in [0.3, 0.4) is 0 Å². The molecular formula is C16H18N2O4S. The molecule has 2 N–H and O–H groups in total. The summed E-state index contributed by atoms with van der Waals surface area (Å²) < 4.78 is 22.7. The Labute approximate surface area is 133 Å². The number of fused-ring (bicyclic) bond motifs is 1. The number of carbonyl (C=O) groups excluding carboxylic acids is 1. The van der Waals surface area contributed by atoms with E-state index in [1.54, 1.807) is 6.07 Å². The van der Waals surface area contributed by atoms with Crippen LogP contribution in [0.4, 0.5) is 0 Å². The van der Waals surface area contributed by atoms with Crippen molar-refractivity contribution >= 4 is 26.6 Å². The second-order valence-corrected chi connectivity index (χ2v) is 8.11. The largest absolute Gasteiger partial charge is 0.352 e. The van der Waals surface area contributed by atoms with Gasteiger partial charge < -0.3 is 10.3 Å². The predicted molar refractivity (Wildman–Crippen MR) is 88.1 cm³/mol. The minimum atomic E-state index is -3.01. The maximum absolute atomic E-state index is 12.0. The van der Waals surface area contributed by atoms with E-state index < -0.39 is 9.84 Å². The minimum Gasteiger partial charge on any atom is -0.352 e. The number of hydrogen-bond donors (Lipinski definition) is 2. The van der Waals surface area contributed by atoms with E-state index in [4.69, 9.17) is 0 Å². The van der Waals surface area contributed by atoms with Crippen LogP contribution >= 0.6 is 0 Å². The first-order valence-corrected chi connectivity index (χ1v) is 9.36. The number of rotatable bonds is 4. The maximum Gasteiger partial charge on any atom is 0.251 e. The molecule has 0 bridgehead atoms. The topological polar surface area (TPSA) is 96.1 Å². The van der Waals surface area contributed by atoms with Crippen molar-refractivity contribution in [3.05, 3.63) is 46.2 Å². The normalized spacial score (nSPS) is 19.7. The number of sulfone groups is 1. The van der Waals surface area contributed by atoms with Gasteiger partial charge in [-0.25, -0.2) is 8.42 Å². The number of aryl methyl sites for hydroxylation is 1. The summed E-state index contributed by atoms with van der Waals surface area (Å²) in [5.41, 5.74) is 1.12. The number of nitrogens with one attached hydrogen (secondary N) is 2.